The van der Waals surface area contributed by atoms with Crippen LogP contribution in [0.5, 0.6) is 5.88 Å². The predicted octanol–water partition coefficient (Wildman–Crippen LogP) is 6.88. The molecule has 0 spiro atoms. The van der Waals surface area contributed by atoms with Gasteiger partial charge in [-0.2, -0.15) is 9.97 Å². The number of methoxy groups -OCH3 is 1. The Balaban J connectivity index is 0.907. The van der Waals surface area contributed by atoms with Crippen LogP contribution in [-0.4, -0.2) is 85.1 Å². The van der Waals surface area contributed by atoms with Gasteiger partial charge >= 0.3 is 0 Å². The van der Waals surface area contributed by atoms with Crippen LogP contribution in [0, 0.1) is 11.6 Å². The summed E-state index contributed by atoms with van der Waals surface area (Å²) < 4.78 is 38.6. The quantitative estimate of drug-likeness (QED) is 0.143. The molecule has 0 aliphatic carbocycles. The summed E-state index contributed by atoms with van der Waals surface area (Å²) in [6, 6.07) is 18.9. The maximum Gasteiger partial charge on any atom is 0.282 e. The molecule has 5 aromatic rings. The van der Waals surface area contributed by atoms with E-state index in [9.17, 15) is 14.4 Å². The van der Waals surface area contributed by atoms with Crippen molar-refractivity contribution in [3.05, 3.63) is 116 Å². The molecule has 59 heavy (non-hydrogen) atoms. The van der Waals surface area contributed by atoms with E-state index in [1.165, 1.54) is 24.7 Å². The molecule has 14 heteroatoms. The normalized spacial score (nSPS) is 17.1. The van der Waals surface area contributed by atoms with Crippen LogP contribution >= 0.6 is 11.6 Å². The number of fused-ring (bicyclic) bond motifs is 5. The van der Waals surface area contributed by atoms with Gasteiger partial charge < -0.3 is 24.6 Å². The molecule has 1 N–H and O–H groups in total. The van der Waals surface area contributed by atoms with Crippen molar-refractivity contribution < 1.29 is 23.1 Å². The monoisotopic (exact) mass is 823 g/mol. The highest BCUT2D eigenvalue weighted by Crippen LogP contribution is 2.45. The van der Waals surface area contributed by atoms with Gasteiger partial charge in [-0.3, -0.25) is 19.1 Å². The first-order chi connectivity index (χ1) is 28.4. The molecule has 1 atom stereocenters. The van der Waals surface area contributed by atoms with Gasteiger partial charge in [0.05, 0.1) is 40.1 Å². The molecule has 2 fully saturated rings. The Morgan fingerprint density at radius 3 is 2.37 bits per heavy atom. The number of carbonyl (C=O) groups excluding carboxylic acids is 2. The van der Waals surface area contributed by atoms with Crippen molar-refractivity contribution in [2.45, 2.75) is 63.3 Å². The van der Waals surface area contributed by atoms with Crippen molar-refractivity contribution in [1.29, 1.82) is 0 Å². The van der Waals surface area contributed by atoms with Crippen molar-refractivity contribution in [2.75, 3.05) is 63.2 Å². The van der Waals surface area contributed by atoms with Crippen LogP contribution < -0.4 is 25.4 Å². The molecule has 1 amide bonds. The number of piperidine rings is 1. The second kappa shape index (κ2) is 16.3. The summed E-state index contributed by atoms with van der Waals surface area (Å²) in [5, 5.41) is 3.30. The lowest BCUT2D eigenvalue weighted by atomic mass is 9.83. The Labute approximate surface area is 346 Å². The lowest BCUT2D eigenvalue weighted by Crippen LogP contribution is -2.47. The van der Waals surface area contributed by atoms with E-state index in [0.29, 0.717) is 66.9 Å². The molecule has 3 aliphatic heterocycles. The van der Waals surface area contributed by atoms with E-state index in [1.54, 1.807) is 13.2 Å². The average Bonchev–Trinajstić information content (AvgIpc) is 3.46. The number of likely N-dealkylation sites (tertiary alicyclic amines) is 1. The minimum absolute atomic E-state index is 0.0190. The second-order valence-electron chi connectivity index (χ2n) is 16.2. The van der Waals surface area contributed by atoms with Crippen LogP contribution in [0.15, 0.2) is 65.5 Å². The highest BCUT2D eigenvalue weighted by atomic mass is 35.5. The molecule has 5 heterocycles. The number of nitrogens with zero attached hydrogens (tertiary/aromatic N) is 6. The molecule has 0 radical (unpaired) electrons. The summed E-state index contributed by atoms with van der Waals surface area (Å²) >= 11 is 6.50. The molecular weight excluding hydrogens is 776 g/mol. The largest absolute Gasteiger partial charge is 0.481 e. The SMILES string of the molecule is CNC(=O)C(CCC=O)c1c(F)cc(N2CCN(c3ccc(CN4CCC(c5ccc6c(c5)-n5c(nc(=O)c7c(Cl)cccc75)C6(C)C)CC4)c(OC)n3)CC2)cc1F. The zero-order valence-electron chi connectivity index (χ0n) is 33.7. The van der Waals surface area contributed by atoms with Crippen LogP contribution in [0.2, 0.25) is 5.02 Å². The van der Waals surface area contributed by atoms with Crippen LogP contribution in [0.25, 0.3) is 16.6 Å². The van der Waals surface area contributed by atoms with E-state index in [-0.39, 0.29) is 24.0 Å². The average molecular weight is 824 g/mol. The summed E-state index contributed by atoms with van der Waals surface area (Å²) in [4.78, 5) is 52.4. The van der Waals surface area contributed by atoms with Crippen LogP contribution in [-0.2, 0) is 21.5 Å². The van der Waals surface area contributed by atoms with E-state index in [0.717, 1.165) is 59.9 Å². The van der Waals surface area contributed by atoms with E-state index in [1.807, 2.05) is 23.1 Å². The number of likely N-dealkylation sites (N-methyl/N-ethyl adjacent to an activating group) is 1. The molecule has 11 nitrogen and oxygen atoms in total. The Morgan fingerprint density at radius 2 is 1.69 bits per heavy atom. The predicted molar refractivity (Wildman–Crippen MR) is 225 cm³/mol. The molecule has 8 rings (SSSR count). The zero-order valence-corrected chi connectivity index (χ0v) is 34.5. The van der Waals surface area contributed by atoms with Gasteiger partial charge in [-0.15, -0.1) is 0 Å². The number of ether oxygens (including phenoxy) is 1. The van der Waals surface area contributed by atoms with E-state index in [2.05, 4.69) is 62.8 Å². The first kappa shape index (κ1) is 40.4. The third kappa shape index (κ3) is 7.43. The number of halogens is 3. The Hall–Kier alpha value is -5.40. The minimum Gasteiger partial charge on any atom is -0.481 e. The molecule has 2 saturated heterocycles. The number of hydrogen-bond donors (Lipinski definition) is 1. The summed E-state index contributed by atoms with van der Waals surface area (Å²) in [5.74, 6) is -0.771. The number of carbonyl (C=O) groups is 2. The molecular formula is C45H48ClF2N7O4. The number of nitrogens with one attached hydrogen (secondary N) is 1. The Bertz CT molecular complexity index is 2470. The number of pyridine rings is 1. The topological polar surface area (TPSA) is 113 Å². The van der Waals surface area contributed by atoms with Crippen molar-refractivity contribution in [3.8, 4) is 11.6 Å². The van der Waals surface area contributed by atoms with Gasteiger partial charge in [0.15, 0.2) is 0 Å². The summed E-state index contributed by atoms with van der Waals surface area (Å²) in [5.41, 5.74) is 4.61. The molecule has 1 unspecified atom stereocenters. The van der Waals surface area contributed by atoms with Crippen molar-refractivity contribution >= 4 is 46.2 Å². The third-order valence-corrected chi connectivity index (χ3v) is 12.8. The third-order valence-electron chi connectivity index (χ3n) is 12.4. The summed E-state index contributed by atoms with van der Waals surface area (Å²) in [6.07, 6.45) is 2.67. The molecule has 0 saturated carbocycles. The second-order valence-corrected chi connectivity index (χ2v) is 16.6. The van der Waals surface area contributed by atoms with Crippen LogP contribution in [0.4, 0.5) is 20.3 Å². The molecule has 2 aromatic heterocycles. The van der Waals surface area contributed by atoms with Gasteiger partial charge in [0.2, 0.25) is 11.8 Å². The van der Waals surface area contributed by atoms with E-state index < -0.39 is 28.9 Å². The summed E-state index contributed by atoms with van der Waals surface area (Å²) in [6.45, 7) is 8.95. The van der Waals surface area contributed by atoms with Gasteiger partial charge in [-0.25, -0.2) is 8.78 Å². The lowest BCUT2D eigenvalue weighted by Gasteiger charge is -2.37. The highest BCUT2D eigenvalue weighted by Gasteiger charge is 2.39. The number of anilines is 2. The number of hydrogen-bond acceptors (Lipinski definition) is 9. The first-order valence-electron chi connectivity index (χ1n) is 20.2. The standard InChI is InChI=1S/C45H48ClF2N7O4/c1-45(2)32-12-10-28(23-37(32)55-36-9-5-8-33(46)40(36)42(58)51-44(45)55)27-14-16-52(17-15-27)26-29-11-13-38(50-43(29)59-4)54-20-18-53(19-21-54)30-24-34(47)39(35(48)25-30)31(7-6-22-56)41(57)49-3/h5,8-13,22-25,27,31H,6-7,14-21,26H2,1-4H3,(H,49,57). The van der Waals surface area contributed by atoms with Gasteiger partial charge in [0.1, 0.15) is 29.6 Å². The molecule has 0 bridgehead atoms. The number of amides is 1. The molecule has 308 valence electrons. The van der Waals surface area contributed by atoms with Crippen LogP contribution in [0.3, 0.4) is 0 Å². The van der Waals surface area contributed by atoms with Gasteiger partial charge in [0.25, 0.3) is 5.56 Å². The fourth-order valence-electron chi connectivity index (χ4n) is 9.22. The molecule has 3 aliphatic rings. The number of piperazine rings is 1. The van der Waals surface area contributed by atoms with E-state index in [4.69, 9.17) is 21.3 Å². The lowest BCUT2D eigenvalue weighted by molar-refractivity contribution is -0.122. The molecule has 3 aromatic carbocycles. The maximum absolute atomic E-state index is 15.4. The fraction of sp³-hybridized carbons (Fsp3) is 0.400. The number of benzene rings is 3. The maximum atomic E-state index is 15.4. The van der Waals surface area contributed by atoms with Gasteiger partial charge in [-0.05, 0) is 106 Å². The van der Waals surface area contributed by atoms with Crippen LogP contribution in [0.1, 0.15) is 79.4 Å². The van der Waals surface area contributed by atoms with Gasteiger partial charge in [-0.1, -0.05) is 29.8 Å². The van der Waals surface area contributed by atoms with Crippen molar-refractivity contribution in [1.82, 2.24) is 24.8 Å². The first-order valence-corrected chi connectivity index (χ1v) is 20.6. The summed E-state index contributed by atoms with van der Waals surface area (Å²) in [7, 11) is 3.04. The highest BCUT2D eigenvalue weighted by molar-refractivity contribution is 6.35. The number of aldehydes is 1. The number of rotatable bonds is 11. The Morgan fingerprint density at radius 1 is 0.983 bits per heavy atom. The van der Waals surface area contributed by atoms with Crippen molar-refractivity contribution in [3.63, 3.8) is 0 Å². The Kier molecular flexibility index (Phi) is 11.2. The zero-order chi connectivity index (χ0) is 41.6. The fourth-order valence-corrected chi connectivity index (χ4v) is 9.47. The minimum atomic E-state index is -1.09. The van der Waals surface area contributed by atoms with Gasteiger partial charge in [0, 0.05) is 63.0 Å². The van der Waals surface area contributed by atoms with Crippen molar-refractivity contribution in [2.24, 2.45) is 0 Å². The smallest absolute Gasteiger partial charge is 0.282 e. The van der Waals surface area contributed by atoms with E-state index >= 15 is 8.78 Å². The number of aromatic nitrogens is 3.